The summed E-state index contributed by atoms with van der Waals surface area (Å²) in [6.07, 6.45) is 1.57. The number of nitrogens with zero attached hydrogens (tertiary/aromatic N) is 2. The Bertz CT molecular complexity index is 810. The number of hydrogen-bond donors (Lipinski definition) is 1. The molecule has 3 rings (SSSR count). The number of anilines is 1. The number of likely N-dealkylation sites (tertiary alicyclic amines) is 1. The number of hydrogen-bond acceptors (Lipinski definition) is 4. The van der Waals surface area contributed by atoms with Crippen LogP contribution in [0.15, 0.2) is 42.5 Å². The molecule has 1 fully saturated rings. The smallest absolute Gasteiger partial charge is 0.271 e. The molecule has 2 aromatic rings. The van der Waals surface area contributed by atoms with Crippen LogP contribution in [0.5, 0.6) is 0 Å². The molecule has 1 N–H and O–H groups in total. The van der Waals surface area contributed by atoms with Crippen molar-refractivity contribution in [3.8, 4) is 0 Å². The molecule has 1 heterocycles. The first kappa shape index (κ1) is 17.2. The maximum atomic E-state index is 11.7. The highest BCUT2D eigenvalue weighted by molar-refractivity contribution is 6.33. The van der Waals surface area contributed by atoms with E-state index in [1.807, 2.05) is 23.1 Å². The van der Waals surface area contributed by atoms with Crippen LogP contribution >= 0.6 is 11.6 Å². The first-order valence-electron chi connectivity index (χ1n) is 8.06. The summed E-state index contributed by atoms with van der Waals surface area (Å²) >= 11 is 6.09. The van der Waals surface area contributed by atoms with Gasteiger partial charge >= 0.3 is 0 Å². The zero-order chi connectivity index (χ0) is 17.8. The van der Waals surface area contributed by atoms with E-state index < -0.39 is 4.92 Å². The van der Waals surface area contributed by atoms with Gasteiger partial charge in [0.15, 0.2) is 0 Å². The Morgan fingerprint density at radius 3 is 2.68 bits per heavy atom. The molecule has 0 saturated carbocycles. The van der Waals surface area contributed by atoms with E-state index in [9.17, 15) is 14.9 Å². The van der Waals surface area contributed by atoms with Crippen molar-refractivity contribution in [3.63, 3.8) is 0 Å². The highest BCUT2D eigenvalue weighted by Gasteiger charge is 2.19. The van der Waals surface area contributed by atoms with Crippen molar-refractivity contribution in [1.82, 2.24) is 4.90 Å². The average molecular weight is 360 g/mol. The first-order valence-corrected chi connectivity index (χ1v) is 8.44. The van der Waals surface area contributed by atoms with Gasteiger partial charge in [-0.05, 0) is 23.6 Å². The molecule has 130 valence electrons. The van der Waals surface area contributed by atoms with Crippen molar-refractivity contribution < 1.29 is 9.72 Å². The van der Waals surface area contributed by atoms with Crippen molar-refractivity contribution in [1.29, 1.82) is 0 Å². The molecular formula is C18H18ClN3O3. The summed E-state index contributed by atoms with van der Waals surface area (Å²) in [6, 6.07) is 12.4. The SMILES string of the molecule is O=C1CCCN1Cc1cccc(CNc2ccc([N+](=O)[O-])cc2Cl)c1. The molecule has 1 aliphatic rings. The van der Waals surface area contributed by atoms with Crippen LogP contribution in [0.25, 0.3) is 0 Å². The van der Waals surface area contributed by atoms with E-state index >= 15 is 0 Å². The Kier molecular flexibility index (Phi) is 5.19. The molecule has 0 spiro atoms. The van der Waals surface area contributed by atoms with Crippen molar-refractivity contribution >= 4 is 28.9 Å². The van der Waals surface area contributed by atoms with Gasteiger partial charge in [0.2, 0.25) is 5.91 Å². The van der Waals surface area contributed by atoms with Gasteiger partial charge in [-0.25, -0.2) is 0 Å². The molecular weight excluding hydrogens is 342 g/mol. The maximum absolute atomic E-state index is 11.7. The van der Waals surface area contributed by atoms with E-state index in [0.717, 1.165) is 24.1 Å². The van der Waals surface area contributed by atoms with Crippen molar-refractivity contribution in [2.45, 2.75) is 25.9 Å². The van der Waals surface area contributed by atoms with Gasteiger partial charge < -0.3 is 10.2 Å². The van der Waals surface area contributed by atoms with Gasteiger partial charge in [-0.2, -0.15) is 0 Å². The van der Waals surface area contributed by atoms with E-state index in [1.54, 1.807) is 6.07 Å². The van der Waals surface area contributed by atoms with Crippen molar-refractivity contribution in [2.24, 2.45) is 0 Å². The standard InChI is InChI=1S/C18H18ClN3O3/c19-16-10-15(22(24)25)6-7-17(16)20-11-13-3-1-4-14(9-13)12-21-8-2-5-18(21)23/h1,3-4,6-7,9-10,20H,2,5,8,11-12H2. The van der Waals surface area contributed by atoms with E-state index in [0.29, 0.717) is 30.2 Å². The molecule has 25 heavy (non-hydrogen) atoms. The molecule has 0 atom stereocenters. The number of carbonyl (C=O) groups excluding carboxylic acids is 1. The lowest BCUT2D eigenvalue weighted by atomic mass is 10.1. The molecule has 1 amide bonds. The summed E-state index contributed by atoms with van der Waals surface area (Å²) in [7, 11) is 0. The fourth-order valence-corrected chi connectivity index (χ4v) is 3.13. The monoisotopic (exact) mass is 359 g/mol. The number of nitro groups is 1. The number of nitro benzene ring substituents is 1. The number of amides is 1. The Morgan fingerprint density at radius 2 is 2.00 bits per heavy atom. The largest absolute Gasteiger partial charge is 0.380 e. The van der Waals surface area contributed by atoms with Gasteiger partial charge in [-0.3, -0.25) is 14.9 Å². The Balaban J connectivity index is 1.64. The molecule has 0 unspecified atom stereocenters. The van der Waals surface area contributed by atoms with Gasteiger partial charge in [0.05, 0.1) is 15.6 Å². The maximum Gasteiger partial charge on any atom is 0.271 e. The van der Waals surface area contributed by atoms with Crippen LogP contribution in [-0.2, 0) is 17.9 Å². The number of non-ortho nitro benzene ring substituents is 1. The first-order chi connectivity index (χ1) is 12.0. The summed E-state index contributed by atoms with van der Waals surface area (Å²) in [5.41, 5.74) is 2.75. The van der Waals surface area contributed by atoms with Crippen LogP contribution in [-0.4, -0.2) is 22.3 Å². The number of nitrogens with one attached hydrogen (secondary N) is 1. The molecule has 0 radical (unpaired) electrons. The number of halogens is 1. The third-order valence-electron chi connectivity index (χ3n) is 4.18. The van der Waals surface area contributed by atoms with Crippen LogP contribution in [0.1, 0.15) is 24.0 Å². The molecule has 6 nitrogen and oxygen atoms in total. The zero-order valence-corrected chi connectivity index (χ0v) is 14.3. The summed E-state index contributed by atoms with van der Waals surface area (Å²) < 4.78 is 0. The quantitative estimate of drug-likeness (QED) is 0.625. The van der Waals surface area contributed by atoms with E-state index in [-0.39, 0.29) is 11.6 Å². The van der Waals surface area contributed by atoms with Crippen LogP contribution in [0.2, 0.25) is 5.02 Å². The average Bonchev–Trinajstić information content (AvgIpc) is 2.99. The Hall–Kier alpha value is -2.60. The molecule has 1 saturated heterocycles. The van der Waals surface area contributed by atoms with Crippen molar-refractivity contribution in [2.75, 3.05) is 11.9 Å². The summed E-state index contributed by atoms with van der Waals surface area (Å²) in [5, 5.41) is 14.2. The van der Waals surface area contributed by atoms with E-state index in [2.05, 4.69) is 11.4 Å². The lowest BCUT2D eigenvalue weighted by molar-refractivity contribution is -0.384. The highest BCUT2D eigenvalue weighted by Crippen LogP contribution is 2.27. The van der Waals surface area contributed by atoms with Crippen LogP contribution in [0, 0.1) is 10.1 Å². The van der Waals surface area contributed by atoms with E-state index in [4.69, 9.17) is 11.6 Å². The van der Waals surface area contributed by atoms with Crippen molar-refractivity contribution in [3.05, 3.63) is 68.7 Å². The van der Waals surface area contributed by atoms with Gasteiger partial charge in [-0.1, -0.05) is 35.9 Å². The van der Waals surface area contributed by atoms with E-state index in [1.165, 1.54) is 12.1 Å². The van der Waals surface area contributed by atoms with Gasteiger partial charge in [-0.15, -0.1) is 0 Å². The molecule has 1 aliphatic heterocycles. The molecule has 7 heteroatoms. The molecule has 0 bridgehead atoms. The van der Waals surface area contributed by atoms with Gasteiger partial charge in [0.1, 0.15) is 0 Å². The second-order valence-electron chi connectivity index (χ2n) is 6.01. The van der Waals surface area contributed by atoms with Gasteiger partial charge in [0.25, 0.3) is 5.69 Å². The lowest BCUT2D eigenvalue weighted by Crippen LogP contribution is -2.23. The second kappa shape index (κ2) is 7.53. The predicted octanol–water partition coefficient (Wildman–Crippen LogP) is 3.98. The highest BCUT2D eigenvalue weighted by atomic mass is 35.5. The van der Waals surface area contributed by atoms with Crippen LogP contribution in [0.3, 0.4) is 0 Å². The summed E-state index contributed by atoms with van der Waals surface area (Å²) in [6.45, 7) is 1.99. The minimum atomic E-state index is -0.473. The summed E-state index contributed by atoms with van der Waals surface area (Å²) in [4.78, 5) is 23.9. The third kappa shape index (κ3) is 4.28. The number of rotatable bonds is 6. The van der Waals surface area contributed by atoms with Gasteiger partial charge in [0, 0.05) is 38.2 Å². The molecule has 0 aromatic heterocycles. The zero-order valence-electron chi connectivity index (χ0n) is 13.6. The Labute approximate surface area is 150 Å². The van der Waals surface area contributed by atoms with Crippen LogP contribution in [0.4, 0.5) is 11.4 Å². The molecule has 2 aromatic carbocycles. The second-order valence-corrected chi connectivity index (χ2v) is 6.42. The fraction of sp³-hybridized carbons (Fsp3) is 0.278. The predicted molar refractivity (Wildman–Crippen MR) is 96.5 cm³/mol. The normalized spacial score (nSPS) is 14.0. The topological polar surface area (TPSA) is 75.5 Å². The minimum Gasteiger partial charge on any atom is -0.380 e. The molecule has 0 aliphatic carbocycles. The third-order valence-corrected chi connectivity index (χ3v) is 4.50. The number of benzene rings is 2. The lowest BCUT2D eigenvalue weighted by Gasteiger charge is -2.16. The summed E-state index contributed by atoms with van der Waals surface area (Å²) in [5.74, 6) is 0.209. The Morgan fingerprint density at radius 1 is 1.20 bits per heavy atom. The number of carbonyl (C=O) groups is 1. The minimum absolute atomic E-state index is 0.0344. The fourth-order valence-electron chi connectivity index (χ4n) is 2.89. The van der Waals surface area contributed by atoms with Crippen LogP contribution < -0.4 is 5.32 Å².